The van der Waals surface area contributed by atoms with E-state index in [9.17, 15) is 4.79 Å². The van der Waals surface area contributed by atoms with Gasteiger partial charge in [-0.1, -0.05) is 76.7 Å². The highest BCUT2D eigenvalue weighted by Gasteiger charge is 2.22. The van der Waals surface area contributed by atoms with E-state index in [4.69, 9.17) is 9.97 Å². The molecular formula is C57H50N4OS. The Morgan fingerprint density at radius 2 is 0.794 bits per heavy atom. The fourth-order valence-electron chi connectivity index (χ4n) is 9.76. The zero-order chi connectivity index (χ0) is 44.3. The van der Waals surface area contributed by atoms with Gasteiger partial charge in [0, 0.05) is 50.6 Å². The molecule has 3 aromatic heterocycles. The molecule has 0 amide bonds. The van der Waals surface area contributed by atoms with Crippen molar-refractivity contribution in [1.82, 2.24) is 19.9 Å². The first-order valence-electron chi connectivity index (χ1n) is 21.4. The summed E-state index contributed by atoms with van der Waals surface area (Å²) >= 11 is 1.22. The Balaban J connectivity index is 1.46. The quantitative estimate of drug-likeness (QED) is 0.137. The summed E-state index contributed by atoms with van der Waals surface area (Å²) in [5, 5.41) is 0.0502. The molecule has 0 unspecified atom stereocenters. The average molecular weight is 839 g/mol. The molecule has 5 heterocycles. The summed E-state index contributed by atoms with van der Waals surface area (Å²) in [5.41, 5.74) is 26.2. The summed E-state index contributed by atoms with van der Waals surface area (Å²) in [6.07, 6.45) is 8.57. The topological polar surface area (TPSA) is 74.4 Å². The fraction of sp³-hybridized carbons (Fsp3) is 0.175. The molecule has 310 valence electrons. The molecule has 2 aliphatic rings. The van der Waals surface area contributed by atoms with Crippen LogP contribution in [0.1, 0.15) is 90.9 Å². The number of benzene rings is 4. The number of nitrogens with zero attached hydrogens (tertiary/aromatic N) is 2. The van der Waals surface area contributed by atoms with Gasteiger partial charge < -0.3 is 9.97 Å². The van der Waals surface area contributed by atoms with Crippen molar-refractivity contribution in [2.24, 2.45) is 0 Å². The number of carbonyl (C=O) groups excluding carboxylic acids is 1. The molecule has 0 aliphatic carbocycles. The van der Waals surface area contributed by atoms with Crippen LogP contribution in [-0.4, -0.2) is 25.1 Å². The lowest BCUT2D eigenvalue weighted by atomic mass is 9.92. The van der Waals surface area contributed by atoms with Gasteiger partial charge in [0.05, 0.1) is 33.9 Å². The first-order chi connectivity index (χ1) is 30.2. The number of hydrogen-bond donors (Lipinski definition) is 2. The number of aromatic amines is 2. The van der Waals surface area contributed by atoms with E-state index < -0.39 is 0 Å². The maximum atomic E-state index is 11.8. The highest BCUT2D eigenvalue weighted by Crippen LogP contribution is 2.41. The number of aromatic nitrogens is 4. The lowest BCUT2D eigenvalue weighted by molar-refractivity contribution is -0.109. The zero-order valence-corrected chi connectivity index (χ0v) is 38.4. The fourth-order valence-corrected chi connectivity index (χ4v) is 10.4. The van der Waals surface area contributed by atoms with Crippen LogP contribution < -0.4 is 0 Å². The Kier molecular flexibility index (Phi) is 10.8. The lowest BCUT2D eigenvalue weighted by Gasteiger charge is -2.14. The summed E-state index contributed by atoms with van der Waals surface area (Å²) in [5.74, 6) is 6.99. The number of thioether (sulfide) groups is 1. The number of H-pyrrole nitrogens is 2. The molecule has 0 saturated heterocycles. The maximum absolute atomic E-state index is 11.8. The third-order valence-corrected chi connectivity index (χ3v) is 12.8. The van der Waals surface area contributed by atoms with Crippen molar-refractivity contribution in [1.29, 1.82) is 0 Å². The predicted octanol–water partition coefficient (Wildman–Crippen LogP) is 14.5. The molecule has 2 N–H and O–H groups in total. The van der Waals surface area contributed by atoms with Crippen molar-refractivity contribution in [2.75, 3.05) is 0 Å². The third-order valence-electron chi connectivity index (χ3n) is 12.0. The smallest absolute Gasteiger partial charge is 0.190 e. The van der Waals surface area contributed by atoms with E-state index in [2.05, 4.69) is 169 Å². The summed E-state index contributed by atoms with van der Waals surface area (Å²) < 4.78 is 0. The molecule has 0 atom stereocenters. The van der Waals surface area contributed by atoms with Gasteiger partial charge >= 0.3 is 0 Å². The van der Waals surface area contributed by atoms with E-state index in [1.54, 1.807) is 6.92 Å². The Morgan fingerprint density at radius 3 is 1.19 bits per heavy atom. The van der Waals surface area contributed by atoms with Crippen LogP contribution in [0.25, 0.3) is 79.8 Å². The number of aryl methyl sites for hydroxylation is 9. The van der Waals surface area contributed by atoms with Crippen LogP contribution >= 0.6 is 11.8 Å². The van der Waals surface area contributed by atoms with Crippen LogP contribution in [0.2, 0.25) is 0 Å². The van der Waals surface area contributed by atoms with Gasteiger partial charge in [-0.15, -0.1) is 0 Å². The van der Waals surface area contributed by atoms with Gasteiger partial charge in [0.2, 0.25) is 0 Å². The van der Waals surface area contributed by atoms with E-state index in [0.29, 0.717) is 0 Å². The molecule has 0 saturated carbocycles. The monoisotopic (exact) mass is 838 g/mol. The molecule has 63 heavy (non-hydrogen) atoms. The molecular weight excluding hydrogens is 789 g/mol. The molecule has 9 rings (SSSR count). The van der Waals surface area contributed by atoms with Gasteiger partial charge in [-0.3, -0.25) is 4.79 Å². The molecule has 0 fully saturated rings. The first kappa shape index (κ1) is 41.4. The average Bonchev–Trinajstić information content (AvgIpc) is 4.05. The van der Waals surface area contributed by atoms with Crippen LogP contribution in [0.3, 0.4) is 0 Å². The lowest BCUT2D eigenvalue weighted by Crippen LogP contribution is -1.96. The minimum absolute atomic E-state index is 0.0502. The van der Waals surface area contributed by atoms with E-state index in [1.807, 2.05) is 24.3 Å². The zero-order valence-electron chi connectivity index (χ0n) is 37.6. The summed E-state index contributed by atoms with van der Waals surface area (Å²) in [6.45, 7) is 21.2. The molecule has 7 aromatic rings. The van der Waals surface area contributed by atoms with Crippen LogP contribution in [0.5, 0.6) is 0 Å². The van der Waals surface area contributed by atoms with Crippen LogP contribution in [0.15, 0.2) is 89.8 Å². The predicted molar refractivity (Wildman–Crippen MR) is 267 cm³/mol. The van der Waals surface area contributed by atoms with Crippen LogP contribution in [0.4, 0.5) is 0 Å². The minimum atomic E-state index is 0.0502. The van der Waals surface area contributed by atoms with Crippen molar-refractivity contribution in [3.8, 4) is 45.2 Å². The number of nitrogens with one attached hydrogen (secondary N) is 2. The van der Waals surface area contributed by atoms with E-state index in [-0.39, 0.29) is 5.12 Å². The number of carbonyl (C=O) groups is 1. The molecule has 4 aromatic carbocycles. The van der Waals surface area contributed by atoms with Gasteiger partial charge in [-0.05, 0) is 185 Å². The number of fused-ring (bicyclic) bond motifs is 8. The Morgan fingerprint density at radius 1 is 0.444 bits per heavy atom. The first-order valence-corrected chi connectivity index (χ1v) is 22.3. The normalized spacial score (nSPS) is 11.8. The Labute approximate surface area is 374 Å². The minimum Gasteiger partial charge on any atom is -0.354 e. The molecule has 5 nitrogen and oxygen atoms in total. The Bertz CT molecular complexity index is 3260. The maximum Gasteiger partial charge on any atom is 0.190 e. The van der Waals surface area contributed by atoms with Crippen molar-refractivity contribution in [3.63, 3.8) is 0 Å². The SMILES string of the molecule is CC(=O)Sc1ccc(C#Cc2c3nc(c(-c4c(C)cc(C)cc4C)c4ccc([nH]4)c(-c4c(C)cc(C)cc4C)c4nc(c(-c5c(C)cc(C)cc5C)c5ccc2[nH]5)C=C4)C=C3)cc1. The second-order valence-corrected chi connectivity index (χ2v) is 18.4. The van der Waals surface area contributed by atoms with E-state index in [0.717, 1.165) is 88.7 Å². The van der Waals surface area contributed by atoms with E-state index in [1.165, 1.54) is 67.4 Å². The van der Waals surface area contributed by atoms with Gasteiger partial charge in [-0.25, -0.2) is 9.97 Å². The Hall–Kier alpha value is -6.94. The van der Waals surface area contributed by atoms with Crippen molar-refractivity contribution >= 4 is 63.2 Å². The van der Waals surface area contributed by atoms with Crippen LogP contribution in [-0.2, 0) is 4.79 Å². The van der Waals surface area contributed by atoms with Gasteiger partial charge in [0.1, 0.15) is 0 Å². The van der Waals surface area contributed by atoms with Crippen molar-refractivity contribution in [2.45, 2.75) is 74.1 Å². The van der Waals surface area contributed by atoms with Gasteiger partial charge in [-0.2, -0.15) is 0 Å². The molecule has 6 heteroatoms. The van der Waals surface area contributed by atoms with Gasteiger partial charge in [0.25, 0.3) is 0 Å². The number of hydrogen-bond acceptors (Lipinski definition) is 4. The highest BCUT2D eigenvalue weighted by atomic mass is 32.2. The second-order valence-electron chi connectivity index (χ2n) is 17.2. The standard InChI is InChI=1S/C57H50N4OS/c1-31-25-34(4)52(35(5)26-31)55-46-19-17-44(58-46)43(16-13-41-11-14-42(15-12-41)63-40(10)62)45-18-20-47(59-45)56(53-36(6)27-32(2)28-37(53)7)49-22-24-51(61-49)57(50-23-21-48(55)60-50)54-38(8)29-33(3)30-39(54)9/h11-12,14-15,17-30,58,61H,1-10H3. The largest absolute Gasteiger partial charge is 0.354 e. The van der Waals surface area contributed by atoms with E-state index >= 15 is 0 Å². The highest BCUT2D eigenvalue weighted by molar-refractivity contribution is 8.13. The molecule has 2 aliphatic heterocycles. The molecule has 8 bridgehead atoms. The molecule has 0 radical (unpaired) electrons. The molecule has 0 spiro atoms. The van der Waals surface area contributed by atoms with Crippen LogP contribution in [0, 0.1) is 74.2 Å². The second kappa shape index (κ2) is 16.4. The third kappa shape index (κ3) is 7.90. The van der Waals surface area contributed by atoms with Crippen molar-refractivity contribution in [3.05, 3.63) is 169 Å². The summed E-state index contributed by atoms with van der Waals surface area (Å²) in [4.78, 5) is 31.5. The van der Waals surface area contributed by atoms with Crippen molar-refractivity contribution < 1.29 is 4.79 Å². The summed E-state index contributed by atoms with van der Waals surface area (Å²) in [7, 11) is 0. The van der Waals surface area contributed by atoms with Gasteiger partial charge in [0.15, 0.2) is 5.12 Å². The number of rotatable bonds is 4. The summed E-state index contributed by atoms with van der Waals surface area (Å²) in [6, 6.07) is 30.1.